The number of hydrogen-bond donors (Lipinski definition) is 2. The number of carbonyl (C=O) groups excluding carboxylic acids is 2. The molecule has 0 radical (unpaired) electrons. The zero-order chi connectivity index (χ0) is 20.2. The van der Waals surface area contributed by atoms with Crippen LogP contribution in [0.5, 0.6) is 0 Å². The van der Waals surface area contributed by atoms with Gasteiger partial charge in [0.2, 0.25) is 0 Å². The van der Waals surface area contributed by atoms with Crippen molar-refractivity contribution in [3.63, 3.8) is 0 Å². The van der Waals surface area contributed by atoms with Gasteiger partial charge >= 0.3 is 6.03 Å². The minimum absolute atomic E-state index is 0.0443. The summed E-state index contributed by atoms with van der Waals surface area (Å²) in [6.07, 6.45) is 4.51. The molecule has 2 N–H and O–H groups in total. The van der Waals surface area contributed by atoms with Crippen LogP contribution in [0.1, 0.15) is 35.9 Å². The highest BCUT2D eigenvalue weighted by molar-refractivity contribution is 6.13. The number of nitrogens with zero attached hydrogens (tertiary/aromatic N) is 3. The van der Waals surface area contributed by atoms with Crippen molar-refractivity contribution < 1.29 is 14.0 Å². The highest BCUT2D eigenvalue weighted by Gasteiger charge is 2.21. The number of para-hydroxylation sites is 1. The molecule has 0 aliphatic carbocycles. The minimum Gasteiger partial charge on any atom is -0.460 e. The van der Waals surface area contributed by atoms with Crippen molar-refractivity contribution in [3.8, 4) is 0 Å². The number of aromatic nitrogens is 2. The number of nitrogens with one attached hydrogen (secondary N) is 2. The molecule has 1 aliphatic heterocycles. The Balaban J connectivity index is 1.47. The third-order valence-electron chi connectivity index (χ3n) is 5.08. The molecule has 29 heavy (non-hydrogen) atoms. The summed E-state index contributed by atoms with van der Waals surface area (Å²) in [5.74, 6) is 0.975. The van der Waals surface area contributed by atoms with Crippen LogP contribution in [0, 0.1) is 0 Å². The Bertz CT molecular complexity index is 1020. The van der Waals surface area contributed by atoms with E-state index < -0.39 is 0 Å². The highest BCUT2D eigenvalue weighted by Crippen LogP contribution is 2.28. The van der Waals surface area contributed by atoms with Gasteiger partial charge in [-0.2, -0.15) is 5.10 Å². The Morgan fingerprint density at radius 1 is 1.28 bits per heavy atom. The predicted octanol–water partition coefficient (Wildman–Crippen LogP) is 3.25. The van der Waals surface area contributed by atoms with Crippen LogP contribution in [0.2, 0.25) is 0 Å². The fourth-order valence-corrected chi connectivity index (χ4v) is 3.54. The number of unbranched alkanes of at least 4 members (excludes halogenated alkanes) is 1. The molecule has 1 saturated heterocycles. The number of urea groups is 1. The molecule has 3 heterocycles. The fraction of sp³-hybridized carbons (Fsp3) is 0.381. The van der Waals surface area contributed by atoms with Gasteiger partial charge in [0.25, 0.3) is 5.91 Å². The van der Waals surface area contributed by atoms with Crippen molar-refractivity contribution in [2.45, 2.75) is 32.7 Å². The molecule has 0 spiro atoms. The molecule has 0 unspecified atom stereocenters. The van der Waals surface area contributed by atoms with E-state index in [1.807, 2.05) is 24.3 Å². The van der Waals surface area contributed by atoms with Gasteiger partial charge in [-0.25, -0.2) is 4.79 Å². The Labute approximate surface area is 168 Å². The standard InChI is InChI=1S/C21H25N5O3/c1-2-3-7-17-19(15-6-4-5-8-16(15)29-17)20(27)23-18-9-11-26(24-18)14-13-25-12-10-22-21(25)28/h4-6,8-9,11H,2-3,7,10,12-14H2,1H3,(H,22,28)(H,23,24,27). The lowest BCUT2D eigenvalue weighted by Crippen LogP contribution is -2.31. The van der Waals surface area contributed by atoms with Crippen molar-refractivity contribution >= 4 is 28.7 Å². The molecule has 0 saturated carbocycles. The van der Waals surface area contributed by atoms with Crippen molar-refractivity contribution in [3.05, 3.63) is 47.9 Å². The second-order valence-electron chi connectivity index (χ2n) is 7.14. The number of anilines is 1. The van der Waals surface area contributed by atoms with E-state index in [-0.39, 0.29) is 11.9 Å². The summed E-state index contributed by atoms with van der Waals surface area (Å²) >= 11 is 0. The van der Waals surface area contributed by atoms with Crippen LogP contribution in [0.25, 0.3) is 11.0 Å². The zero-order valence-electron chi connectivity index (χ0n) is 16.5. The fourth-order valence-electron chi connectivity index (χ4n) is 3.54. The van der Waals surface area contributed by atoms with Gasteiger partial charge in [0.15, 0.2) is 5.82 Å². The van der Waals surface area contributed by atoms with Gasteiger partial charge in [0, 0.05) is 43.7 Å². The van der Waals surface area contributed by atoms with Crippen LogP contribution >= 0.6 is 0 Å². The third-order valence-corrected chi connectivity index (χ3v) is 5.08. The van der Waals surface area contributed by atoms with Crippen LogP contribution in [0.3, 0.4) is 0 Å². The van der Waals surface area contributed by atoms with E-state index in [2.05, 4.69) is 22.7 Å². The second-order valence-corrected chi connectivity index (χ2v) is 7.14. The van der Waals surface area contributed by atoms with Gasteiger partial charge < -0.3 is 20.0 Å². The van der Waals surface area contributed by atoms with E-state index in [0.717, 1.165) is 30.2 Å². The summed E-state index contributed by atoms with van der Waals surface area (Å²) in [5, 5.41) is 10.9. The first kappa shape index (κ1) is 19.0. The van der Waals surface area contributed by atoms with Gasteiger partial charge in [0.1, 0.15) is 11.3 Å². The van der Waals surface area contributed by atoms with E-state index in [1.54, 1.807) is 21.8 Å². The number of furan rings is 1. The molecule has 0 bridgehead atoms. The molecule has 8 heteroatoms. The Morgan fingerprint density at radius 3 is 2.93 bits per heavy atom. The average molecular weight is 395 g/mol. The van der Waals surface area contributed by atoms with Gasteiger partial charge in [-0.15, -0.1) is 0 Å². The number of carbonyl (C=O) groups is 2. The molecular weight excluding hydrogens is 370 g/mol. The topological polar surface area (TPSA) is 92.4 Å². The quantitative estimate of drug-likeness (QED) is 0.612. The molecule has 2 aromatic heterocycles. The highest BCUT2D eigenvalue weighted by atomic mass is 16.3. The molecule has 3 aromatic rings. The SMILES string of the molecule is CCCCc1oc2ccccc2c1C(=O)Nc1ccn(CCN2CCNC2=O)n1. The van der Waals surface area contributed by atoms with E-state index in [0.29, 0.717) is 43.3 Å². The number of benzene rings is 1. The summed E-state index contributed by atoms with van der Waals surface area (Å²) in [5.41, 5.74) is 1.30. The average Bonchev–Trinajstić information content (AvgIpc) is 3.42. The molecule has 3 amide bonds. The number of hydrogen-bond acceptors (Lipinski definition) is 4. The molecule has 4 rings (SSSR count). The van der Waals surface area contributed by atoms with Crippen molar-refractivity contribution in [2.24, 2.45) is 0 Å². The summed E-state index contributed by atoms with van der Waals surface area (Å²) in [4.78, 5) is 26.4. The smallest absolute Gasteiger partial charge is 0.317 e. The number of amides is 3. The summed E-state index contributed by atoms with van der Waals surface area (Å²) in [6.45, 7) is 4.64. The molecule has 8 nitrogen and oxygen atoms in total. The zero-order valence-corrected chi connectivity index (χ0v) is 16.5. The Kier molecular flexibility index (Phi) is 5.50. The molecular formula is C21H25N5O3. The van der Waals surface area contributed by atoms with E-state index in [4.69, 9.17) is 4.42 Å². The van der Waals surface area contributed by atoms with Crippen LogP contribution in [-0.2, 0) is 13.0 Å². The molecule has 152 valence electrons. The molecule has 1 aromatic carbocycles. The first-order chi connectivity index (χ1) is 14.2. The maximum Gasteiger partial charge on any atom is 0.317 e. The lowest BCUT2D eigenvalue weighted by atomic mass is 10.1. The number of rotatable bonds is 8. The first-order valence-electron chi connectivity index (χ1n) is 10.0. The summed E-state index contributed by atoms with van der Waals surface area (Å²) in [7, 11) is 0. The van der Waals surface area contributed by atoms with Crippen LogP contribution < -0.4 is 10.6 Å². The number of aryl methyl sites for hydroxylation is 1. The second kappa shape index (κ2) is 8.38. The van der Waals surface area contributed by atoms with Crippen molar-refractivity contribution in [1.82, 2.24) is 20.0 Å². The number of fused-ring (bicyclic) bond motifs is 1. The molecule has 0 atom stereocenters. The monoisotopic (exact) mass is 395 g/mol. The minimum atomic E-state index is -0.217. The van der Waals surface area contributed by atoms with E-state index >= 15 is 0 Å². The normalized spacial score (nSPS) is 13.8. The molecule has 1 fully saturated rings. The van der Waals surface area contributed by atoms with Gasteiger partial charge in [-0.1, -0.05) is 31.5 Å². The van der Waals surface area contributed by atoms with Crippen LogP contribution in [0.15, 0.2) is 40.9 Å². The Hall–Kier alpha value is -3.29. The van der Waals surface area contributed by atoms with Crippen molar-refractivity contribution in [1.29, 1.82) is 0 Å². The van der Waals surface area contributed by atoms with Crippen LogP contribution in [0.4, 0.5) is 10.6 Å². The summed E-state index contributed by atoms with van der Waals surface area (Å²) in [6, 6.07) is 9.31. The Morgan fingerprint density at radius 2 is 2.14 bits per heavy atom. The largest absolute Gasteiger partial charge is 0.460 e. The van der Waals surface area contributed by atoms with Gasteiger partial charge in [-0.3, -0.25) is 9.48 Å². The maximum atomic E-state index is 13.0. The van der Waals surface area contributed by atoms with E-state index in [1.165, 1.54) is 0 Å². The third kappa shape index (κ3) is 4.11. The van der Waals surface area contributed by atoms with Crippen molar-refractivity contribution in [2.75, 3.05) is 25.0 Å². The summed E-state index contributed by atoms with van der Waals surface area (Å²) < 4.78 is 7.67. The first-order valence-corrected chi connectivity index (χ1v) is 10.0. The molecule has 1 aliphatic rings. The van der Waals surface area contributed by atoms with E-state index in [9.17, 15) is 9.59 Å². The van der Waals surface area contributed by atoms with Gasteiger partial charge in [0.05, 0.1) is 12.1 Å². The van der Waals surface area contributed by atoms with Gasteiger partial charge in [-0.05, 0) is 12.5 Å². The van der Waals surface area contributed by atoms with Crippen LogP contribution in [-0.4, -0.2) is 46.3 Å². The predicted molar refractivity (Wildman–Crippen MR) is 110 cm³/mol. The lowest BCUT2D eigenvalue weighted by Gasteiger charge is -2.13. The lowest BCUT2D eigenvalue weighted by molar-refractivity contribution is 0.102. The maximum absolute atomic E-state index is 13.0.